The van der Waals surface area contributed by atoms with Crippen LogP contribution in [0.1, 0.15) is 29.8 Å². The minimum atomic E-state index is -0.286. The maximum atomic E-state index is 13.3. The molecule has 1 aromatic carbocycles. The van der Waals surface area contributed by atoms with Crippen LogP contribution in [0.5, 0.6) is 5.75 Å². The molecule has 2 heterocycles. The van der Waals surface area contributed by atoms with Gasteiger partial charge in [-0.25, -0.2) is 9.97 Å². The molecule has 0 saturated heterocycles. The van der Waals surface area contributed by atoms with Crippen LogP contribution in [0.4, 0.5) is 5.69 Å². The van der Waals surface area contributed by atoms with E-state index in [0.29, 0.717) is 36.7 Å². The summed E-state index contributed by atoms with van der Waals surface area (Å²) in [7, 11) is 4.89. The van der Waals surface area contributed by atoms with E-state index in [0.717, 1.165) is 12.1 Å². The number of carbonyl (C=O) groups is 2. The Morgan fingerprint density at radius 3 is 2.63 bits per heavy atom. The van der Waals surface area contributed by atoms with Crippen LogP contribution in [0, 0.1) is 5.92 Å². The number of hydrogen-bond acceptors (Lipinski definition) is 8. The second-order valence-corrected chi connectivity index (χ2v) is 8.97. The van der Waals surface area contributed by atoms with Gasteiger partial charge in [0, 0.05) is 76.7 Å². The van der Waals surface area contributed by atoms with Crippen molar-refractivity contribution in [3.8, 4) is 5.75 Å². The normalized spacial score (nSPS) is 21.9. The molecule has 35 heavy (non-hydrogen) atoms. The molecule has 0 radical (unpaired) electrons. The third-order valence-electron chi connectivity index (χ3n) is 6.13. The van der Waals surface area contributed by atoms with Gasteiger partial charge >= 0.3 is 0 Å². The van der Waals surface area contributed by atoms with Gasteiger partial charge in [0.05, 0.1) is 11.7 Å². The predicted octanol–water partition coefficient (Wildman–Crippen LogP) is 2.07. The fraction of sp³-hybridized carbons (Fsp3) is 0.520. The van der Waals surface area contributed by atoms with E-state index in [1.165, 1.54) is 13.4 Å². The molecule has 3 atom stereocenters. The van der Waals surface area contributed by atoms with Gasteiger partial charge in [-0.1, -0.05) is 6.92 Å². The van der Waals surface area contributed by atoms with E-state index in [-0.39, 0.29) is 36.5 Å². The van der Waals surface area contributed by atoms with E-state index in [4.69, 9.17) is 14.2 Å². The van der Waals surface area contributed by atoms with Gasteiger partial charge in [0.25, 0.3) is 5.91 Å². The molecule has 3 rings (SSSR count). The van der Waals surface area contributed by atoms with Gasteiger partial charge in [-0.05, 0) is 25.0 Å². The average molecular weight is 486 g/mol. The number of nitrogens with zero attached hydrogens (tertiary/aromatic N) is 4. The molecule has 10 heteroatoms. The summed E-state index contributed by atoms with van der Waals surface area (Å²) in [6.45, 7) is 6.31. The molecule has 0 spiro atoms. The number of nitrogens with one attached hydrogen (secondary N) is 1. The van der Waals surface area contributed by atoms with Crippen LogP contribution in [0.25, 0.3) is 0 Å². The third-order valence-corrected chi connectivity index (χ3v) is 6.13. The molecule has 0 saturated carbocycles. The molecule has 1 aromatic heterocycles. The van der Waals surface area contributed by atoms with Gasteiger partial charge in [-0.2, -0.15) is 0 Å². The van der Waals surface area contributed by atoms with Crippen LogP contribution in [0.3, 0.4) is 0 Å². The van der Waals surface area contributed by atoms with E-state index in [9.17, 15) is 9.59 Å². The molecule has 1 N–H and O–H groups in total. The molecule has 1 aliphatic rings. The van der Waals surface area contributed by atoms with Crippen molar-refractivity contribution in [2.75, 3.05) is 52.9 Å². The van der Waals surface area contributed by atoms with Crippen LogP contribution >= 0.6 is 0 Å². The lowest BCUT2D eigenvalue weighted by atomic mass is 10.0. The zero-order valence-electron chi connectivity index (χ0n) is 21.1. The van der Waals surface area contributed by atoms with Crippen LogP contribution in [0.15, 0.2) is 36.9 Å². The predicted molar refractivity (Wildman–Crippen MR) is 131 cm³/mol. The highest BCUT2D eigenvalue weighted by Crippen LogP contribution is 2.27. The summed E-state index contributed by atoms with van der Waals surface area (Å²) in [6.07, 6.45) is 4.99. The number of ether oxygens (including phenoxy) is 3. The highest BCUT2D eigenvalue weighted by molar-refractivity contribution is 5.98. The Balaban J connectivity index is 1.92. The quantitative estimate of drug-likeness (QED) is 0.663. The van der Waals surface area contributed by atoms with Crippen molar-refractivity contribution in [1.82, 2.24) is 19.8 Å². The molecular formula is C25H35N5O5. The molecule has 0 unspecified atom stereocenters. The molecule has 10 nitrogen and oxygen atoms in total. The Morgan fingerprint density at radius 1 is 1.20 bits per heavy atom. The number of likely N-dealkylation sites (N-methyl/N-ethyl adjacent to an activating group) is 1. The van der Waals surface area contributed by atoms with Crippen LogP contribution in [0.2, 0.25) is 0 Å². The first-order chi connectivity index (χ1) is 16.8. The van der Waals surface area contributed by atoms with Crippen molar-refractivity contribution in [2.24, 2.45) is 5.92 Å². The molecule has 2 aromatic rings. The largest absolute Gasteiger partial charge is 0.491 e. The molecule has 2 amide bonds. The Morgan fingerprint density at radius 2 is 1.94 bits per heavy atom. The Hall–Kier alpha value is -3.08. The Kier molecular flexibility index (Phi) is 9.53. The van der Waals surface area contributed by atoms with Gasteiger partial charge in [-0.15, -0.1) is 0 Å². The standard InChI is InChI=1S/C25H35N5O5/c1-17-11-30(12-19-9-26-16-27-10-19)18(2)14-35-22-8-20(28-24(31)15-33-4)6-7-21(22)25(32)29(3)13-23(17)34-5/h6-10,16-18,23H,11-15H2,1-5H3,(H,28,31)/t17-,18-,23+/m0/s1. The van der Waals surface area contributed by atoms with Gasteiger partial charge in [0.2, 0.25) is 5.91 Å². The Labute approximate surface area is 206 Å². The number of aromatic nitrogens is 2. The highest BCUT2D eigenvalue weighted by Gasteiger charge is 2.28. The van der Waals surface area contributed by atoms with E-state index < -0.39 is 0 Å². The SMILES string of the molecule is COCC(=O)Nc1ccc2c(c1)OC[C@H](C)N(Cc1cncnc1)C[C@H](C)[C@H](OC)CN(C)C2=O. The van der Waals surface area contributed by atoms with Crippen molar-refractivity contribution < 1.29 is 23.8 Å². The number of hydrogen-bond donors (Lipinski definition) is 1. The monoisotopic (exact) mass is 485 g/mol. The number of amides is 2. The lowest BCUT2D eigenvalue weighted by Gasteiger charge is -2.36. The number of fused-ring (bicyclic) bond motifs is 1. The van der Waals surface area contributed by atoms with Crippen molar-refractivity contribution in [3.63, 3.8) is 0 Å². The van der Waals surface area contributed by atoms with Crippen LogP contribution < -0.4 is 10.1 Å². The molecule has 0 bridgehead atoms. The van der Waals surface area contributed by atoms with Crippen molar-refractivity contribution in [3.05, 3.63) is 48.0 Å². The molecule has 1 aliphatic heterocycles. The van der Waals surface area contributed by atoms with Gasteiger partial charge in [0.15, 0.2) is 0 Å². The van der Waals surface area contributed by atoms with Gasteiger partial charge in [0.1, 0.15) is 25.3 Å². The maximum Gasteiger partial charge on any atom is 0.257 e. The number of benzene rings is 1. The van der Waals surface area contributed by atoms with Crippen LogP contribution in [-0.2, 0) is 20.8 Å². The lowest BCUT2D eigenvalue weighted by Crippen LogP contribution is -2.46. The first-order valence-electron chi connectivity index (χ1n) is 11.6. The van der Waals surface area contributed by atoms with Gasteiger partial charge < -0.3 is 24.4 Å². The third kappa shape index (κ3) is 7.20. The van der Waals surface area contributed by atoms with E-state index in [1.54, 1.807) is 37.3 Å². The highest BCUT2D eigenvalue weighted by atomic mass is 16.5. The van der Waals surface area contributed by atoms with E-state index in [1.807, 2.05) is 12.4 Å². The lowest BCUT2D eigenvalue weighted by molar-refractivity contribution is -0.119. The number of rotatable bonds is 6. The van der Waals surface area contributed by atoms with Crippen molar-refractivity contribution in [1.29, 1.82) is 0 Å². The molecule has 0 aliphatic carbocycles. The van der Waals surface area contributed by atoms with Crippen molar-refractivity contribution >= 4 is 17.5 Å². The fourth-order valence-corrected chi connectivity index (χ4v) is 4.12. The summed E-state index contributed by atoms with van der Waals surface area (Å²) in [5, 5.41) is 2.77. The summed E-state index contributed by atoms with van der Waals surface area (Å²) in [4.78, 5) is 37.5. The van der Waals surface area contributed by atoms with Crippen molar-refractivity contribution in [2.45, 2.75) is 32.5 Å². The number of carbonyl (C=O) groups excluding carboxylic acids is 2. The molecular weight excluding hydrogens is 450 g/mol. The van der Waals surface area contributed by atoms with E-state index in [2.05, 4.69) is 34.0 Å². The van der Waals surface area contributed by atoms with Crippen LogP contribution in [-0.4, -0.2) is 91.3 Å². The zero-order chi connectivity index (χ0) is 25.4. The first kappa shape index (κ1) is 26.5. The molecule has 190 valence electrons. The summed E-state index contributed by atoms with van der Waals surface area (Å²) in [5.74, 6) is 0.107. The number of anilines is 1. The topological polar surface area (TPSA) is 106 Å². The summed E-state index contributed by atoms with van der Waals surface area (Å²) in [6, 6.07) is 5.06. The van der Waals surface area contributed by atoms with E-state index >= 15 is 0 Å². The minimum absolute atomic E-state index is 0.0157. The maximum absolute atomic E-state index is 13.3. The second kappa shape index (κ2) is 12.6. The average Bonchev–Trinajstić information content (AvgIpc) is 2.85. The van der Waals surface area contributed by atoms with Gasteiger partial charge in [-0.3, -0.25) is 14.5 Å². The fourth-order valence-electron chi connectivity index (χ4n) is 4.12. The summed E-state index contributed by atoms with van der Waals surface area (Å²) in [5.41, 5.74) is 1.96. The summed E-state index contributed by atoms with van der Waals surface area (Å²) >= 11 is 0. The number of methoxy groups -OCH3 is 2. The first-order valence-corrected chi connectivity index (χ1v) is 11.6. The summed E-state index contributed by atoms with van der Waals surface area (Å²) < 4.78 is 16.9. The smallest absolute Gasteiger partial charge is 0.257 e. The molecule has 0 fully saturated rings. The minimum Gasteiger partial charge on any atom is -0.491 e. The Bertz CT molecular complexity index is 989. The zero-order valence-corrected chi connectivity index (χ0v) is 21.1. The second-order valence-electron chi connectivity index (χ2n) is 8.97.